The average Bonchev–Trinajstić information content (AvgIpc) is 2.17. The molecule has 2 amide bonds. The lowest BCUT2D eigenvalue weighted by molar-refractivity contribution is -0.153. The lowest BCUT2D eigenvalue weighted by atomic mass is 10.1. The second-order valence-corrected chi connectivity index (χ2v) is 3.42. The molecular weight excluding hydrogens is 235 g/mol. The van der Waals surface area contributed by atoms with Gasteiger partial charge in [0.1, 0.15) is 0 Å². The summed E-state index contributed by atoms with van der Waals surface area (Å²) >= 11 is 10.9. The van der Waals surface area contributed by atoms with E-state index in [1.165, 1.54) is 0 Å². The number of amides is 2. The monoisotopic (exact) mass is 242 g/mol. The van der Waals surface area contributed by atoms with E-state index in [0.717, 1.165) is 0 Å². The Morgan fingerprint density at radius 2 is 1.29 bits per heavy atom. The van der Waals surface area contributed by atoms with E-state index in [0.29, 0.717) is 8.84 Å². The van der Waals surface area contributed by atoms with Crippen LogP contribution in [0, 0.1) is 0 Å². The predicted octanol–water partition coefficient (Wildman–Crippen LogP) is -1.31. The predicted molar refractivity (Wildman–Crippen MR) is 47.1 cm³/mol. The smallest absolute Gasteiger partial charge is 0.264 e. The number of carbonyl (C=O) groups excluding carboxylic acids is 2. The summed E-state index contributed by atoms with van der Waals surface area (Å²) in [5.74, 6) is -1.44. The molecule has 0 aromatic rings. The summed E-state index contributed by atoms with van der Waals surface area (Å²) in [6, 6.07) is -2.38. The van der Waals surface area contributed by atoms with Crippen LogP contribution >= 0.6 is 23.6 Å². The molecule has 6 nitrogen and oxygen atoms in total. The zero-order valence-electron chi connectivity index (χ0n) is 6.93. The Bertz CT molecular complexity index is 236. The molecule has 0 aromatic heterocycles. The minimum absolute atomic E-state index is 0.558. The molecule has 8 heteroatoms. The minimum Gasteiger partial charge on any atom is -0.394 e. The van der Waals surface area contributed by atoms with Crippen molar-refractivity contribution >= 4 is 35.4 Å². The molecule has 0 bridgehead atoms. The summed E-state index contributed by atoms with van der Waals surface area (Å²) in [7, 11) is 0. The van der Waals surface area contributed by atoms with Gasteiger partial charge in [-0.25, -0.2) is 8.84 Å². The van der Waals surface area contributed by atoms with Gasteiger partial charge in [-0.1, -0.05) is 0 Å². The van der Waals surface area contributed by atoms with Gasteiger partial charge < -0.3 is 10.2 Å². The number of rotatable bonds is 2. The van der Waals surface area contributed by atoms with Crippen LogP contribution in [0.4, 0.5) is 0 Å². The van der Waals surface area contributed by atoms with Crippen molar-refractivity contribution in [2.75, 3.05) is 13.2 Å². The van der Waals surface area contributed by atoms with Gasteiger partial charge in [-0.15, -0.1) is 0 Å². The van der Waals surface area contributed by atoms with Crippen LogP contribution in [0.2, 0.25) is 0 Å². The van der Waals surface area contributed by atoms with Gasteiger partial charge in [-0.3, -0.25) is 9.59 Å². The van der Waals surface area contributed by atoms with E-state index in [2.05, 4.69) is 0 Å². The maximum atomic E-state index is 11.3. The first-order chi connectivity index (χ1) is 6.54. The molecule has 14 heavy (non-hydrogen) atoms. The van der Waals surface area contributed by atoms with Crippen molar-refractivity contribution in [1.29, 1.82) is 0 Å². The van der Waals surface area contributed by atoms with Gasteiger partial charge in [0, 0.05) is 23.6 Å². The molecule has 2 atom stereocenters. The van der Waals surface area contributed by atoms with Crippen molar-refractivity contribution in [2.24, 2.45) is 0 Å². The number of carbonyl (C=O) groups is 2. The van der Waals surface area contributed by atoms with E-state index in [1.54, 1.807) is 0 Å². The number of aliphatic hydroxyl groups is 2. The lowest BCUT2D eigenvalue weighted by Gasteiger charge is -2.36. The molecule has 2 N–H and O–H groups in total. The first kappa shape index (κ1) is 11.5. The Morgan fingerprint density at radius 3 is 1.50 bits per heavy atom. The van der Waals surface area contributed by atoms with E-state index >= 15 is 0 Å². The molecule has 0 radical (unpaired) electrons. The number of hydrogen-bond donors (Lipinski definition) is 2. The quantitative estimate of drug-likeness (QED) is 0.590. The summed E-state index contributed by atoms with van der Waals surface area (Å²) in [5, 5.41) is 17.6. The van der Waals surface area contributed by atoms with E-state index in [1.807, 2.05) is 0 Å². The Morgan fingerprint density at radius 1 is 1.00 bits per heavy atom. The van der Waals surface area contributed by atoms with Gasteiger partial charge in [0.05, 0.1) is 13.2 Å². The molecule has 0 spiro atoms. The standard InChI is InChI=1S/C6H8Cl2N2O4/c7-9-3(1-11)5(13)10(8)4(2-12)6(9)14/h3-4,11-12H,1-2H2/t3-,4-/m1/s1. The van der Waals surface area contributed by atoms with Gasteiger partial charge in [0.2, 0.25) is 0 Å². The van der Waals surface area contributed by atoms with E-state index in [-0.39, 0.29) is 0 Å². The van der Waals surface area contributed by atoms with Crippen LogP contribution in [0.1, 0.15) is 0 Å². The Balaban J connectivity index is 2.93. The zero-order valence-corrected chi connectivity index (χ0v) is 8.44. The van der Waals surface area contributed by atoms with Crippen molar-refractivity contribution in [1.82, 2.24) is 8.84 Å². The van der Waals surface area contributed by atoms with E-state index in [4.69, 9.17) is 33.8 Å². The summed E-state index contributed by atoms with van der Waals surface area (Å²) in [6.45, 7) is -1.23. The van der Waals surface area contributed by atoms with Gasteiger partial charge in [0.25, 0.3) is 11.8 Å². The maximum absolute atomic E-state index is 11.3. The van der Waals surface area contributed by atoms with Crippen molar-refractivity contribution < 1.29 is 19.8 Å². The number of aliphatic hydroxyl groups excluding tert-OH is 2. The molecule has 1 rings (SSSR count). The molecule has 1 fully saturated rings. The number of hydrogen-bond acceptors (Lipinski definition) is 4. The molecule has 0 aromatic carbocycles. The number of piperazine rings is 1. The molecule has 1 saturated heterocycles. The molecule has 0 aliphatic carbocycles. The largest absolute Gasteiger partial charge is 0.394 e. The Kier molecular flexibility index (Phi) is 3.54. The first-order valence-electron chi connectivity index (χ1n) is 3.74. The van der Waals surface area contributed by atoms with Crippen LogP contribution in [-0.4, -0.2) is 56.2 Å². The van der Waals surface area contributed by atoms with Crippen LogP contribution in [0.3, 0.4) is 0 Å². The van der Waals surface area contributed by atoms with Crippen LogP contribution in [0.15, 0.2) is 0 Å². The normalized spacial score (nSPS) is 28.6. The van der Waals surface area contributed by atoms with Crippen LogP contribution < -0.4 is 0 Å². The zero-order chi connectivity index (χ0) is 10.9. The molecule has 80 valence electrons. The maximum Gasteiger partial charge on any atom is 0.264 e. The average molecular weight is 243 g/mol. The fourth-order valence-corrected chi connectivity index (χ4v) is 1.60. The second-order valence-electron chi connectivity index (χ2n) is 2.70. The SMILES string of the molecule is O=C1[C@@H](CO)N(Cl)C(=O)[C@@H](CO)N1Cl. The van der Waals surface area contributed by atoms with Crippen molar-refractivity contribution in [3.05, 3.63) is 0 Å². The molecule has 1 heterocycles. The fourth-order valence-electron chi connectivity index (χ4n) is 1.09. The summed E-state index contributed by atoms with van der Waals surface area (Å²) in [4.78, 5) is 22.7. The fraction of sp³-hybridized carbons (Fsp3) is 0.667. The second kappa shape index (κ2) is 4.31. The third-order valence-electron chi connectivity index (χ3n) is 1.88. The molecule has 1 aliphatic rings. The Hall–Kier alpha value is -0.560. The van der Waals surface area contributed by atoms with Gasteiger partial charge >= 0.3 is 0 Å². The van der Waals surface area contributed by atoms with Gasteiger partial charge in [-0.2, -0.15) is 0 Å². The van der Waals surface area contributed by atoms with E-state index < -0.39 is 37.1 Å². The first-order valence-corrected chi connectivity index (χ1v) is 4.41. The highest BCUT2D eigenvalue weighted by Crippen LogP contribution is 2.21. The Labute approximate surface area is 89.8 Å². The highest BCUT2D eigenvalue weighted by atomic mass is 35.5. The summed E-state index contributed by atoms with van der Waals surface area (Å²) in [6.07, 6.45) is 0. The summed E-state index contributed by atoms with van der Waals surface area (Å²) in [5.41, 5.74) is 0. The number of nitrogens with zero attached hydrogens (tertiary/aromatic N) is 2. The number of halogens is 2. The van der Waals surface area contributed by atoms with Crippen molar-refractivity contribution in [3.8, 4) is 0 Å². The van der Waals surface area contributed by atoms with Crippen molar-refractivity contribution in [2.45, 2.75) is 12.1 Å². The van der Waals surface area contributed by atoms with Crippen LogP contribution in [0.5, 0.6) is 0 Å². The van der Waals surface area contributed by atoms with Crippen molar-refractivity contribution in [3.63, 3.8) is 0 Å². The highest BCUT2D eigenvalue weighted by molar-refractivity contribution is 6.30. The third kappa shape index (κ3) is 1.66. The topological polar surface area (TPSA) is 81.1 Å². The molecular formula is C6H8Cl2N2O4. The molecule has 0 unspecified atom stereocenters. The minimum atomic E-state index is -1.19. The van der Waals surface area contributed by atoms with Crippen LogP contribution in [0.25, 0.3) is 0 Å². The third-order valence-corrected chi connectivity index (χ3v) is 2.69. The highest BCUT2D eigenvalue weighted by Gasteiger charge is 2.44. The van der Waals surface area contributed by atoms with Gasteiger partial charge in [0.15, 0.2) is 12.1 Å². The molecule has 1 aliphatic heterocycles. The molecule has 0 saturated carbocycles. The van der Waals surface area contributed by atoms with Gasteiger partial charge in [-0.05, 0) is 0 Å². The van der Waals surface area contributed by atoms with Crippen LogP contribution in [-0.2, 0) is 9.59 Å². The van der Waals surface area contributed by atoms with E-state index in [9.17, 15) is 9.59 Å². The summed E-state index contributed by atoms with van der Waals surface area (Å²) < 4.78 is 1.12. The lowest BCUT2D eigenvalue weighted by Crippen LogP contribution is -2.61.